The van der Waals surface area contributed by atoms with Crippen molar-refractivity contribution in [1.82, 2.24) is 10.6 Å². The Labute approximate surface area is 117 Å². The molecule has 1 heterocycles. The molecule has 1 aliphatic rings. The van der Waals surface area contributed by atoms with E-state index in [2.05, 4.69) is 10.2 Å². The van der Waals surface area contributed by atoms with Crippen molar-refractivity contribution >= 4 is 17.6 Å². The largest absolute Gasteiger partial charge is 0.484 e. The van der Waals surface area contributed by atoms with Gasteiger partial charge in [-0.25, -0.2) is 4.79 Å². The van der Waals surface area contributed by atoms with E-state index in [0.717, 1.165) is 31.9 Å². The van der Waals surface area contributed by atoms with Crippen LogP contribution in [0.25, 0.3) is 0 Å². The van der Waals surface area contributed by atoms with E-state index in [9.17, 15) is 9.59 Å². The van der Waals surface area contributed by atoms with E-state index in [1.54, 1.807) is 12.1 Å². The Morgan fingerprint density at radius 3 is 2.50 bits per heavy atom. The molecule has 0 saturated carbocycles. The third-order valence-corrected chi connectivity index (χ3v) is 2.95. The first kappa shape index (κ1) is 14.1. The number of nitrogens with one attached hydrogen (secondary N) is 2. The molecule has 0 radical (unpaired) electrons. The number of hydrogen-bond acceptors (Lipinski definition) is 5. The molecule has 108 valence electrons. The van der Waals surface area contributed by atoms with Crippen molar-refractivity contribution in [1.29, 1.82) is 0 Å². The molecule has 1 aromatic carbocycles. The topological polar surface area (TPSA) is 96.7 Å². The summed E-state index contributed by atoms with van der Waals surface area (Å²) < 4.78 is 5.26. The Kier molecular flexibility index (Phi) is 4.78. The van der Waals surface area contributed by atoms with Crippen molar-refractivity contribution in [3.05, 3.63) is 24.3 Å². The molecule has 0 spiro atoms. The lowest BCUT2D eigenvalue weighted by molar-refractivity contribution is -0.121. The van der Waals surface area contributed by atoms with Gasteiger partial charge in [-0.15, -0.1) is 0 Å². The van der Waals surface area contributed by atoms with Gasteiger partial charge in [0, 0.05) is 31.9 Å². The van der Waals surface area contributed by atoms with E-state index in [0.29, 0.717) is 5.75 Å². The minimum atomic E-state index is -0.882. The molecular formula is C13H18N4O3. The Hall–Kier alpha value is -2.28. The summed E-state index contributed by atoms with van der Waals surface area (Å²) in [6.45, 7) is 3.66. The summed E-state index contributed by atoms with van der Waals surface area (Å²) in [5.74, 6) is 0.00665. The van der Waals surface area contributed by atoms with Crippen LogP contribution in [0.4, 0.5) is 10.5 Å². The lowest BCUT2D eigenvalue weighted by Gasteiger charge is -2.29. The standard InChI is InChI=1S/C13H18N4O3/c14-13(19)16-12(18)9-20-11-3-1-10(2-4-11)17-7-5-15-6-8-17/h1-4,15H,5-9H2,(H3,14,16,18,19). The molecule has 7 nitrogen and oxygen atoms in total. The fraction of sp³-hybridized carbons (Fsp3) is 0.385. The van der Waals surface area contributed by atoms with Gasteiger partial charge in [-0.2, -0.15) is 0 Å². The van der Waals surface area contributed by atoms with Crippen LogP contribution < -0.4 is 26.0 Å². The molecule has 0 aromatic heterocycles. The number of anilines is 1. The first-order chi connectivity index (χ1) is 9.65. The number of primary amides is 1. The maximum absolute atomic E-state index is 11.2. The Bertz CT molecular complexity index is 469. The highest BCUT2D eigenvalue weighted by atomic mass is 16.5. The predicted octanol–water partition coefficient (Wildman–Crippen LogP) is -0.330. The fourth-order valence-corrected chi connectivity index (χ4v) is 2.00. The maximum Gasteiger partial charge on any atom is 0.318 e. The molecule has 1 saturated heterocycles. The van der Waals surface area contributed by atoms with Crippen molar-refractivity contribution < 1.29 is 14.3 Å². The number of nitrogens with zero attached hydrogens (tertiary/aromatic N) is 1. The highest BCUT2D eigenvalue weighted by molar-refractivity contribution is 5.94. The SMILES string of the molecule is NC(=O)NC(=O)COc1ccc(N2CCNCC2)cc1. The summed E-state index contributed by atoms with van der Waals surface area (Å²) in [4.78, 5) is 23.9. The van der Waals surface area contributed by atoms with E-state index in [4.69, 9.17) is 10.5 Å². The summed E-state index contributed by atoms with van der Waals surface area (Å²) in [6.07, 6.45) is 0. The predicted molar refractivity (Wildman–Crippen MR) is 74.7 cm³/mol. The van der Waals surface area contributed by atoms with E-state index >= 15 is 0 Å². The number of nitrogens with two attached hydrogens (primary N) is 1. The van der Waals surface area contributed by atoms with Crippen LogP contribution in [-0.2, 0) is 4.79 Å². The maximum atomic E-state index is 11.2. The van der Waals surface area contributed by atoms with Crippen molar-refractivity contribution in [2.45, 2.75) is 0 Å². The average Bonchev–Trinajstić information content (AvgIpc) is 2.46. The van der Waals surface area contributed by atoms with Crippen LogP contribution in [0.5, 0.6) is 5.75 Å². The minimum absolute atomic E-state index is 0.240. The van der Waals surface area contributed by atoms with Gasteiger partial charge in [-0.1, -0.05) is 0 Å². The zero-order valence-corrected chi connectivity index (χ0v) is 11.1. The molecule has 20 heavy (non-hydrogen) atoms. The zero-order chi connectivity index (χ0) is 14.4. The number of imide groups is 1. The highest BCUT2D eigenvalue weighted by Gasteiger charge is 2.10. The molecule has 1 fully saturated rings. The van der Waals surface area contributed by atoms with Crippen LogP contribution in [0.15, 0.2) is 24.3 Å². The molecule has 1 aromatic rings. The lowest BCUT2D eigenvalue weighted by atomic mass is 10.2. The smallest absolute Gasteiger partial charge is 0.318 e. The van der Waals surface area contributed by atoms with Crippen LogP contribution in [0.1, 0.15) is 0 Å². The van der Waals surface area contributed by atoms with Crippen molar-refractivity contribution in [3.63, 3.8) is 0 Å². The normalized spacial score (nSPS) is 14.7. The van der Waals surface area contributed by atoms with E-state index < -0.39 is 11.9 Å². The number of piperazine rings is 1. The highest BCUT2D eigenvalue weighted by Crippen LogP contribution is 2.19. The first-order valence-electron chi connectivity index (χ1n) is 6.43. The van der Waals surface area contributed by atoms with Crippen molar-refractivity contribution in [3.8, 4) is 5.75 Å². The lowest BCUT2D eigenvalue weighted by Crippen LogP contribution is -2.43. The molecule has 7 heteroatoms. The van der Waals surface area contributed by atoms with Crippen LogP contribution >= 0.6 is 0 Å². The van der Waals surface area contributed by atoms with Gasteiger partial charge in [-0.05, 0) is 24.3 Å². The van der Waals surface area contributed by atoms with Crippen LogP contribution in [0.3, 0.4) is 0 Å². The summed E-state index contributed by atoms with van der Waals surface area (Å²) in [6, 6.07) is 6.62. The van der Waals surface area contributed by atoms with Gasteiger partial charge in [-0.3, -0.25) is 10.1 Å². The van der Waals surface area contributed by atoms with Gasteiger partial charge in [0.05, 0.1) is 0 Å². The monoisotopic (exact) mass is 278 g/mol. The van der Waals surface area contributed by atoms with Gasteiger partial charge in [0.15, 0.2) is 6.61 Å². The molecule has 0 bridgehead atoms. The van der Waals surface area contributed by atoms with Crippen molar-refractivity contribution in [2.75, 3.05) is 37.7 Å². The molecule has 0 unspecified atom stereocenters. The van der Waals surface area contributed by atoms with Crippen LogP contribution in [-0.4, -0.2) is 44.7 Å². The number of rotatable bonds is 4. The summed E-state index contributed by atoms with van der Waals surface area (Å²) in [7, 11) is 0. The second-order valence-electron chi connectivity index (χ2n) is 4.43. The summed E-state index contributed by atoms with van der Waals surface area (Å²) >= 11 is 0. The number of amides is 3. The Balaban J connectivity index is 1.85. The van der Waals surface area contributed by atoms with Gasteiger partial charge in [0.25, 0.3) is 5.91 Å². The molecule has 3 amide bonds. The fourth-order valence-electron chi connectivity index (χ4n) is 2.00. The van der Waals surface area contributed by atoms with E-state index in [1.165, 1.54) is 0 Å². The van der Waals surface area contributed by atoms with Crippen LogP contribution in [0.2, 0.25) is 0 Å². The summed E-state index contributed by atoms with van der Waals surface area (Å²) in [5.41, 5.74) is 5.95. The number of ether oxygens (including phenoxy) is 1. The second-order valence-corrected chi connectivity index (χ2v) is 4.43. The average molecular weight is 278 g/mol. The van der Waals surface area contributed by atoms with Gasteiger partial charge >= 0.3 is 6.03 Å². The van der Waals surface area contributed by atoms with Gasteiger partial charge in [0.1, 0.15) is 5.75 Å². The van der Waals surface area contributed by atoms with Gasteiger partial charge in [0.2, 0.25) is 0 Å². The quantitative estimate of drug-likeness (QED) is 0.701. The first-order valence-corrected chi connectivity index (χ1v) is 6.43. The Morgan fingerprint density at radius 2 is 1.90 bits per heavy atom. The van der Waals surface area contributed by atoms with E-state index in [-0.39, 0.29) is 6.61 Å². The number of benzene rings is 1. The minimum Gasteiger partial charge on any atom is -0.484 e. The molecule has 4 N–H and O–H groups in total. The number of carbonyl (C=O) groups excluding carboxylic acids is 2. The molecule has 2 rings (SSSR count). The molecule has 0 atom stereocenters. The van der Waals surface area contributed by atoms with Crippen molar-refractivity contribution in [2.24, 2.45) is 5.73 Å². The molecular weight excluding hydrogens is 260 g/mol. The summed E-state index contributed by atoms with van der Waals surface area (Å²) in [5, 5.41) is 5.23. The van der Waals surface area contributed by atoms with Gasteiger partial charge < -0.3 is 20.7 Å². The van der Waals surface area contributed by atoms with Crippen LogP contribution in [0, 0.1) is 0 Å². The number of urea groups is 1. The number of hydrogen-bond donors (Lipinski definition) is 3. The Morgan fingerprint density at radius 1 is 1.25 bits per heavy atom. The third-order valence-electron chi connectivity index (χ3n) is 2.95. The third kappa shape index (κ3) is 4.13. The second kappa shape index (κ2) is 6.76. The molecule has 1 aliphatic heterocycles. The number of carbonyl (C=O) groups is 2. The van der Waals surface area contributed by atoms with E-state index in [1.807, 2.05) is 17.4 Å². The molecule has 0 aliphatic carbocycles. The zero-order valence-electron chi connectivity index (χ0n) is 11.1.